The van der Waals surface area contributed by atoms with Gasteiger partial charge in [0.1, 0.15) is 5.75 Å². The monoisotopic (exact) mass is 369 g/mol. The highest BCUT2D eigenvalue weighted by Crippen LogP contribution is 2.25. The number of nitrogens with two attached hydrogens (primary N) is 1. The van der Waals surface area contributed by atoms with Crippen LogP contribution in [0.3, 0.4) is 0 Å². The normalized spacial score (nSPS) is 18.0. The molecule has 140 valence electrons. The molecule has 0 saturated carbocycles. The van der Waals surface area contributed by atoms with E-state index >= 15 is 0 Å². The van der Waals surface area contributed by atoms with Gasteiger partial charge in [-0.1, -0.05) is 12.1 Å². The second kappa shape index (κ2) is 10.3. The van der Waals surface area contributed by atoms with Crippen LogP contribution < -0.4 is 15.8 Å². The van der Waals surface area contributed by atoms with Crippen LogP contribution in [0.1, 0.15) is 31.2 Å². The molecule has 1 fully saturated rings. The molecule has 1 saturated heterocycles. The Labute approximate surface area is 155 Å². The van der Waals surface area contributed by atoms with Gasteiger partial charge in [-0.25, -0.2) is 0 Å². The molecule has 2 amide bonds. The molecule has 0 spiro atoms. The maximum atomic E-state index is 12.8. The van der Waals surface area contributed by atoms with Crippen molar-refractivity contribution >= 4 is 24.2 Å². The molecule has 0 radical (unpaired) electrons. The van der Waals surface area contributed by atoms with Gasteiger partial charge in [0.05, 0.1) is 18.9 Å². The van der Waals surface area contributed by atoms with E-state index < -0.39 is 0 Å². The van der Waals surface area contributed by atoms with Crippen LogP contribution in [-0.2, 0) is 9.59 Å². The van der Waals surface area contributed by atoms with E-state index in [4.69, 9.17) is 10.5 Å². The number of amides is 2. The maximum Gasteiger partial charge on any atom is 0.229 e. The zero-order chi connectivity index (χ0) is 17.5. The number of hydrogen-bond donors (Lipinski definition) is 2. The number of piperidine rings is 1. The summed E-state index contributed by atoms with van der Waals surface area (Å²) in [6, 6.07) is 7.56. The molecule has 6 nitrogen and oxygen atoms in total. The van der Waals surface area contributed by atoms with E-state index in [9.17, 15) is 9.59 Å². The lowest BCUT2D eigenvalue weighted by Crippen LogP contribution is -2.47. The summed E-state index contributed by atoms with van der Waals surface area (Å²) >= 11 is 0. The summed E-state index contributed by atoms with van der Waals surface area (Å²) < 4.78 is 5.23. The summed E-state index contributed by atoms with van der Waals surface area (Å²) in [5.74, 6) is 0.383. The van der Waals surface area contributed by atoms with Crippen LogP contribution in [0.5, 0.6) is 5.75 Å². The molecular formula is C18H28ClN3O3. The van der Waals surface area contributed by atoms with Crippen molar-refractivity contribution in [2.24, 2.45) is 11.7 Å². The molecule has 0 aliphatic carbocycles. The fraction of sp³-hybridized carbons (Fsp3) is 0.556. The van der Waals surface area contributed by atoms with Crippen molar-refractivity contribution < 1.29 is 14.3 Å². The predicted octanol–water partition coefficient (Wildman–Crippen LogP) is 1.53. The summed E-state index contributed by atoms with van der Waals surface area (Å²) in [6.45, 7) is 3.98. The van der Waals surface area contributed by atoms with Crippen molar-refractivity contribution in [2.75, 3.05) is 33.3 Å². The third-order valence-corrected chi connectivity index (χ3v) is 4.51. The van der Waals surface area contributed by atoms with Crippen molar-refractivity contribution in [2.45, 2.75) is 25.7 Å². The Kier molecular flexibility index (Phi) is 8.72. The van der Waals surface area contributed by atoms with E-state index in [1.165, 1.54) is 0 Å². The van der Waals surface area contributed by atoms with Gasteiger partial charge in [-0.3, -0.25) is 9.59 Å². The second-order valence-electron chi connectivity index (χ2n) is 6.20. The van der Waals surface area contributed by atoms with E-state index in [-0.39, 0.29) is 36.1 Å². The number of methoxy groups -OCH3 is 1. The molecule has 1 aromatic carbocycles. The van der Waals surface area contributed by atoms with E-state index in [1.54, 1.807) is 12.0 Å². The summed E-state index contributed by atoms with van der Waals surface area (Å²) in [4.78, 5) is 26.7. The molecule has 2 unspecified atom stereocenters. The Balaban J connectivity index is 0.00000312. The second-order valence-corrected chi connectivity index (χ2v) is 6.20. The van der Waals surface area contributed by atoms with Crippen LogP contribution in [0.15, 0.2) is 24.3 Å². The summed E-state index contributed by atoms with van der Waals surface area (Å²) in [5.41, 5.74) is 6.35. The number of nitrogens with zero attached hydrogens (tertiary/aromatic N) is 1. The first kappa shape index (κ1) is 21.3. The summed E-state index contributed by atoms with van der Waals surface area (Å²) in [5, 5.41) is 2.82. The largest absolute Gasteiger partial charge is 0.497 e. The lowest BCUT2D eigenvalue weighted by Gasteiger charge is -2.33. The predicted molar refractivity (Wildman–Crippen MR) is 100 cm³/mol. The number of ether oxygens (including phenoxy) is 1. The van der Waals surface area contributed by atoms with Crippen molar-refractivity contribution in [3.8, 4) is 5.75 Å². The van der Waals surface area contributed by atoms with Gasteiger partial charge in [-0.05, 0) is 37.5 Å². The number of nitrogens with one attached hydrogen (secondary N) is 1. The van der Waals surface area contributed by atoms with E-state index in [0.717, 1.165) is 24.2 Å². The standard InChI is InChI=1S/C18H27N3O3.ClH/c1-13(14-5-3-7-16(11-14)24-2)18(23)21-10-4-6-15(12-21)17(22)20-9-8-19;/h3,5,7,11,13,15H,4,6,8-10,12,19H2,1-2H3,(H,20,22);1H. The van der Waals surface area contributed by atoms with Gasteiger partial charge in [0.2, 0.25) is 11.8 Å². The van der Waals surface area contributed by atoms with E-state index in [0.29, 0.717) is 26.2 Å². The number of carbonyl (C=O) groups is 2. The number of benzene rings is 1. The summed E-state index contributed by atoms with van der Waals surface area (Å²) in [6.07, 6.45) is 1.66. The van der Waals surface area contributed by atoms with Crippen LogP contribution in [0.4, 0.5) is 0 Å². The molecule has 1 aliphatic heterocycles. The van der Waals surface area contributed by atoms with Crippen molar-refractivity contribution in [3.05, 3.63) is 29.8 Å². The third-order valence-electron chi connectivity index (χ3n) is 4.51. The van der Waals surface area contributed by atoms with Crippen molar-refractivity contribution in [1.29, 1.82) is 0 Å². The fourth-order valence-electron chi connectivity index (χ4n) is 3.06. The topological polar surface area (TPSA) is 84.7 Å². The number of carbonyl (C=O) groups excluding carboxylic acids is 2. The molecule has 2 rings (SSSR count). The fourth-order valence-corrected chi connectivity index (χ4v) is 3.06. The zero-order valence-corrected chi connectivity index (χ0v) is 15.7. The highest BCUT2D eigenvalue weighted by atomic mass is 35.5. The van der Waals surface area contributed by atoms with Gasteiger partial charge in [0.15, 0.2) is 0 Å². The van der Waals surface area contributed by atoms with Gasteiger partial charge >= 0.3 is 0 Å². The van der Waals surface area contributed by atoms with Gasteiger partial charge in [-0.15, -0.1) is 12.4 Å². The minimum Gasteiger partial charge on any atom is -0.497 e. The molecule has 25 heavy (non-hydrogen) atoms. The first-order valence-electron chi connectivity index (χ1n) is 8.47. The lowest BCUT2D eigenvalue weighted by molar-refractivity contribution is -0.136. The van der Waals surface area contributed by atoms with Crippen molar-refractivity contribution in [3.63, 3.8) is 0 Å². The summed E-state index contributed by atoms with van der Waals surface area (Å²) in [7, 11) is 1.61. The quantitative estimate of drug-likeness (QED) is 0.796. The Hall–Kier alpha value is -1.79. The van der Waals surface area contributed by atoms with Gasteiger partial charge in [0.25, 0.3) is 0 Å². The van der Waals surface area contributed by atoms with Crippen molar-refractivity contribution in [1.82, 2.24) is 10.2 Å². The molecule has 0 aromatic heterocycles. The Morgan fingerprint density at radius 3 is 2.88 bits per heavy atom. The minimum atomic E-state index is -0.258. The molecule has 1 aliphatic rings. The number of hydrogen-bond acceptors (Lipinski definition) is 4. The van der Waals surface area contributed by atoms with E-state index in [1.807, 2.05) is 31.2 Å². The average Bonchev–Trinajstić information content (AvgIpc) is 2.65. The molecule has 7 heteroatoms. The zero-order valence-electron chi connectivity index (χ0n) is 14.9. The highest BCUT2D eigenvalue weighted by molar-refractivity contribution is 5.85. The minimum absolute atomic E-state index is 0. The van der Waals surface area contributed by atoms with Crippen LogP contribution in [0.2, 0.25) is 0 Å². The molecule has 0 bridgehead atoms. The average molecular weight is 370 g/mol. The SMILES string of the molecule is COc1cccc(C(C)C(=O)N2CCCC(C(=O)NCCN)C2)c1.Cl. The molecule has 2 atom stereocenters. The lowest BCUT2D eigenvalue weighted by atomic mass is 9.94. The van der Waals surface area contributed by atoms with Crippen LogP contribution >= 0.6 is 12.4 Å². The number of halogens is 1. The number of rotatable bonds is 6. The van der Waals surface area contributed by atoms with Gasteiger partial charge < -0.3 is 20.7 Å². The maximum absolute atomic E-state index is 12.8. The van der Waals surface area contributed by atoms with Gasteiger partial charge in [-0.2, -0.15) is 0 Å². The number of likely N-dealkylation sites (tertiary alicyclic amines) is 1. The Bertz CT molecular complexity index is 582. The van der Waals surface area contributed by atoms with E-state index in [2.05, 4.69) is 5.32 Å². The smallest absolute Gasteiger partial charge is 0.229 e. The Morgan fingerprint density at radius 1 is 1.44 bits per heavy atom. The Morgan fingerprint density at radius 2 is 2.20 bits per heavy atom. The molecular weight excluding hydrogens is 342 g/mol. The third kappa shape index (κ3) is 5.61. The van der Waals surface area contributed by atoms with Crippen LogP contribution in [-0.4, -0.2) is 50.0 Å². The van der Waals surface area contributed by atoms with Crippen LogP contribution in [0, 0.1) is 5.92 Å². The molecule has 3 N–H and O–H groups in total. The molecule has 1 heterocycles. The molecule has 1 aromatic rings. The van der Waals surface area contributed by atoms with Gasteiger partial charge in [0, 0.05) is 26.2 Å². The van der Waals surface area contributed by atoms with Crippen LogP contribution in [0.25, 0.3) is 0 Å². The highest BCUT2D eigenvalue weighted by Gasteiger charge is 2.30. The first-order chi connectivity index (χ1) is 11.6. The first-order valence-corrected chi connectivity index (χ1v) is 8.47.